The fraction of sp³-hybridized carbons (Fsp3) is 0.0545. The topological polar surface area (TPSA) is 16.4 Å². The number of anilines is 3. The summed E-state index contributed by atoms with van der Waals surface area (Å²) in [7, 11) is 0. The molecular weight excluding hydrogens is 691 g/mol. The molecule has 0 saturated carbocycles. The van der Waals surface area contributed by atoms with Gasteiger partial charge in [-0.25, -0.2) is 0 Å². The van der Waals surface area contributed by atoms with Crippen molar-refractivity contribution in [3.8, 4) is 44.5 Å². The third-order valence-corrected chi connectivity index (χ3v) is 12.1. The Kier molecular flexibility index (Phi) is 7.55. The molecule has 0 amide bonds. The van der Waals surface area contributed by atoms with Gasteiger partial charge in [-0.05, 0) is 109 Å². The highest BCUT2D eigenvalue weighted by Crippen LogP contribution is 2.51. The third-order valence-electron chi connectivity index (χ3n) is 12.1. The summed E-state index contributed by atoms with van der Waals surface area (Å²) >= 11 is 0. The second kappa shape index (κ2) is 13.0. The molecule has 0 spiro atoms. The molecule has 9 aromatic carbocycles. The van der Waals surface area contributed by atoms with E-state index in [1.807, 2.05) is 0 Å². The predicted octanol–water partition coefficient (Wildman–Crippen LogP) is 15.5. The number of benzene rings is 9. The molecule has 0 radical (unpaired) electrons. The Morgan fingerprint density at radius 1 is 0.386 bits per heavy atom. The molecule has 2 nitrogen and oxygen atoms in total. The Balaban J connectivity index is 1.07. The van der Waals surface area contributed by atoms with E-state index < -0.39 is 0 Å². The third kappa shape index (κ3) is 5.40. The number of furan rings is 1. The number of fused-ring (bicyclic) bond motifs is 7. The summed E-state index contributed by atoms with van der Waals surface area (Å²) in [6, 6.07) is 72.5. The summed E-state index contributed by atoms with van der Waals surface area (Å²) in [5.41, 5.74) is 17.4. The number of nitrogens with zero attached hydrogens (tertiary/aromatic N) is 1. The van der Waals surface area contributed by atoms with Gasteiger partial charge in [0.15, 0.2) is 0 Å². The molecule has 0 N–H and O–H groups in total. The van der Waals surface area contributed by atoms with Crippen molar-refractivity contribution < 1.29 is 4.42 Å². The maximum absolute atomic E-state index is 6.80. The van der Waals surface area contributed by atoms with Gasteiger partial charge < -0.3 is 9.32 Å². The van der Waals surface area contributed by atoms with Crippen molar-refractivity contribution in [1.82, 2.24) is 0 Å². The first-order valence-corrected chi connectivity index (χ1v) is 19.8. The van der Waals surface area contributed by atoms with E-state index in [1.54, 1.807) is 0 Å². The maximum atomic E-state index is 6.80. The normalized spacial score (nSPS) is 12.9. The minimum atomic E-state index is -0.122. The van der Waals surface area contributed by atoms with Crippen molar-refractivity contribution in [3.05, 3.63) is 211 Å². The molecular formula is C55H39NO. The van der Waals surface area contributed by atoms with Gasteiger partial charge in [0.05, 0.1) is 0 Å². The minimum absolute atomic E-state index is 0.122. The van der Waals surface area contributed by atoms with Crippen LogP contribution in [0.5, 0.6) is 0 Å². The maximum Gasteiger partial charge on any atom is 0.143 e. The van der Waals surface area contributed by atoms with Crippen LogP contribution in [0.1, 0.15) is 25.0 Å². The van der Waals surface area contributed by atoms with Gasteiger partial charge >= 0.3 is 0 Å². The lowest BCUT2D eigenvalue weighted by Gasteiger charge is -2.28. The van der Waals surface area contributed by atoms with Crippen LogP contribution in [0.15, 0.2) is 205 Å². The second-order valence-corrected chi connectivity index (χ2v) is 15.7. The van der Waals surface area contributed by atoms with Crippen LogP contribution in [0.4, 0.5) is 17.1 Å². The van der Waals surface area contributed by atoms with Crippen LogP contribution < -0.4 is 4.90 Å². The average molecular weight is 730 g/mol. The summed E-state index contributed by atoms with van der Waals surface area (Å²) in [5, 5.41) is 4.60. The summed E-state index contributed by atoms with van der Waals surface area (Å²) in [5.74, 6) is 0. The largest absolute Gasteiger partial charge is 0.455 e. The van der Waals surface area contributed by atoms with Gasteiger partial charge in [0.1, 0.15) is 11.2 Å². The molecule has 57 heavy (non-hydrogen) atoms. The van der Waals surface area contributed by atoms with Gasteiger partial charge in [0, 0.05) is 38.8 Å². The Hall–Kier alpha value is -7.16. The summed E-state index contributed by atoms with van der Waals surface area (Å²) < 4.78 is 6.80. The fourth-order valence-corrected chi connectivity index (χ4v) is 9.16. The van der Waals surface area contributed by atoms with Crippen molar-refractivity contribution in [2.24, 2.45) is 0 Å². The van der Waals surface area contributed by atoms with Gasteiger partial charge in [0.25, 0.3) is 0 Å². The van der Waals surface area contributed by atoms with Crippen LogP contribution in [0.25, 0.3) is 77.2 Å². The smallest absolute Gasteiger partial charge is 0.143 e. The van der Waals surface area contributed by atoms with E-state index in [0.29, 0.717) is 0 Å². The Bertz CT molecular complexity index is 3120. The average Bonchev–Trinajstić information content (AvgIpc) is 3.74. The Morgan fingerprint density at radius 3 is 1.67 bits per heavy atom. The van der Waals surface area contributed by atoms with E-state index in [2.05, 4.69) is 219 Å². The summed E-state index contributed by atoms with van der Waals surface area (Å²) in [6.07, 6.45) is 0. The molecule has 0 unspecified atom stereocenters. The standard InChI is InChI=1S/C55H39NO/c1-55(2)50-20-12-11-19-46(50)47-31-29-44(35-51(47)55)56(42-27-25-39(26-28-42)38-23-21-37(22-24-38)36-13-5-3-6-14-36)43-30-32-52-48(34-43)49-33-41-17-9-10-18-45(41)53(54(49)57-52)40-15-7-4-8-16-40/h3-35H,1-2H3. The SMILES string of the molecule is CC1(C)c2ccccc2-c2ccc(N(c3ccc(-c4ccc(-c5ccccc5)cc4)cc3)c3ccc4oc5c(-c6ccccc6)c6ccccc6cc5c4c3)cc21. The van der Waals surface area contributed by atoms with Crippen LogP contribution in [-0.4, -0.2) is 0 Å². The van der Waals surface area contributed by atoms with E-state index in [0.717, 1.165) is 50.1 Å². The van der Waals surface area contributed by atoms with E-state index in [4.69, 9.17) is 4.42 Å². The monoisotopic (exact) mass is 729 g/mol. The molecule has 1 aliphatic carbocycles. The first-order valence-electron chi connectivity index (χ1n) is 19.8. The van der Waals surface area contributed by atoms with Crippen molar-refractivity contribution >= 4 is 49.8 Å². The zero-order valence-electron chi connectivity index (χ0n) is 31.9. The van der Waals surface area contributed by atoms with Crippen LogP contribution in [0, 0.1) is 0 Å². The Morgan fingerprint density at radius 2 is 0.930 bits per heavy atom. The second-order valence-electron chi connectivity index (χ2n) is 15.7. The van der Waals surface area contributed by atoms with Crippen LogP contribution in [0.2, 0.25) is 0 Å². The van der Waals surface area contributed by atoms with E-state index in [-0.39, 0.29) is 5.41 Å². The lowest BCUT2D eigenvalue weighted by Crippen LogP contribution is -2.16. The van der Waals surface area contributed by atoms with Crippen molar-refractivity contribution in [3.63, 3.8) is 0 Å². The van der Waals surface area contributed by atoms with Crippen LogP contribution >= 0.6 is 0 Å². The Labute approximate surface area is 332 Å². The molecule has 0 bridgehead atoms. The van der Waals surface area contributed by atoms with Gasteiger partial charge in [-0.2, -0.15) is 0 Å². The molecule has 0 saturated heterocycles. The number of hydrogen-bond acceptors (Lipinski definition) is 2. The molecule has 2 heteroatoms. The minimum Gasteiger partial charge on any atom is -0.455 e. The number of hydrogen-bond donors (Lipinski definition) is 0. The van der Waals surface area contributed by atoms with E-state index >= 15 is 0 Å². The van der Waals surface area contributed by atoms with Gasteiger partial charge in [-0.15, -0.1) is 0 Å². The quantitative estimate of drug-likeness (QED) is 0.169. The summed E-state index contributed by atoms with van der Waals surface area (Å²) in [4.78, 5) is 2.40. The predicted molar refractivity (Wildman–Crippen MR) is 240 cm³/mol. The fourth-order valence-electron chi connectivity index (χ4n) is 9.16. The highest BCUT2D eigenvalue weighted by atomic mass is 16.3. The van der Waals surface area contributed by atoms with Crippen molar-refractivity contribution in [2.75, 3.05) is 4.90 Å². The van der Waals surface area contributed by atoms with Crippen molar-refractivity contribution in [2.45, 2.75) is 19.3 Å². The van der Waals surface area contributed by atoms with Crippen molar-refractivity contribution in [1.29, 1.82) is 0 Å². The first kappa shape index (κ1) is 33.2. The molecule has 1 aliphatic rings. The molecule has 1 aromatic heterocycles. The molecule has 10 aromatic rings. The van der Waals surface area contributed by atoms with E-state index in [1.165, 1.54) is 55.3 Å². The molecule has 1 heterocycles. The number of rotatable bonds is 6. The van der Waals surface area contributed by atoms with Crippen LogP contribution in [-0.2, 0) is 5.41 Å². The molecule has 0 aliphatic heterocycles. The zero-order valence-corrected chi connectivity index (χ0v) is 31.9. The zero-order chi connectivity index (χ0) is 38.1. The van der Waals surface area contributed by atoms with Gasteiger partial charge in [-0.1, -0.05) is 166 Å². The van der Waals surface area contributed by atoms with Crippen LogP contribution in [0.3, 0.4) is 0 Å². The molecule has 270 valence electrons. The lowest BCUT2D eigenvalue weighted by molar-refractivity contribution is 0.660. The lowest BCUT2D eigenvalue weighted by atomic mass is 9.82. The van der Waals surface area contributed by atoms with Gasteiger partial charge in [-0.3, -0.25) is 0 Å². The molecule has 11 rings (SSSR count). The molecule has 0 fully saturated rings. The summed E-state index contributed by atoms with van der Waals surface area (Å²) in [6.45, 7) is 4.70. The highest BCUT2D eigenvalue weighted by Gasteiger charge is 2.35. The highest BCUT2D eigenvalue weighted by molar-refractivity contribution is 6.18. The van der Waals surface area contributed by atoms with E-state index in [9.17, 15) is 0 Å². The van der Waals surface area contributed by atoms with Gasteiger partial charge in [0.2, 0.25) is 0 Å². The first-order chi connectivity index (χ1) is 28.0. The molecule has 0 atom stereocenters.